The first-order valence-corrected chi connectivity index (χ1v) is 9.97. The van der Waals surface area contributed by atoms with Gasteiger partial charge in [0.2, 0.25) is 5.89 Å². The van der Waals surface area contributed by atoms with Gasteiger partial charge in [0, 0.05) is 6.42 Å². The van der Waals surface area contributed by atoms with Gasteiger partial charge in [0.05, 0.1) is 19.3 Å². The summed E-state index contributed by atoms with van der Waals surface area (Å²) in [5, 5.41) is 34.5. The third-order valence-electron chi connectivity index (χ3n) is 3.80. The third kappa shape index (κ3) is 6.21. The molecule has 0 bridgehead atoms. The maximum Gasteiger partial charge on any atom is 0.324 e. The average Bonchev–Trinajstić information content (AvgIpc) is 3.18. The van der Waals surface area contributed by atoms with E-state index >= 15 is 0 Å². The van der Waals surface area contributed by atoms with Gasteiger partial charge in [-0.25, -0.2) is 0 Å². The van der Waals surface area contributed by atoms with Crippen LogP contribution in [0.4, 0.5) is 0 Å². The van der Waals surface area contributed by atoms with Gasteiger partial charge in [-0.05, 0) is 18.6 Å². The number of aliphatic hydroxyl groups is 1. The second-order valence-electron chi connectivity index (χ2n) is 5.94. The summed E-state index contributed by atoms with van der Waals surface area (Å²) < 4.78 is 39.0. The van der Waals surface area contributed by atoms with Crippen molar-refractivity contribution in [3.63, 3.8) is 0 Å². The maximum atomic E-state index is 12.3. The zero-order valence-electron chi connectivity index (χ0n) is 15.7. The summed E-state index contributed by atoms with van der Waals surface area (Å²) in [4.78, 5) is 21.9. The van der Waals surface area contributed by atoms with Crippen LogP contribution in [0, 0.1) is 0 Å². The Bertz CT molecular complexity index is 992. The standard InChI is InChI=1S/C16H20N4O9S/c1-28-12-5-3-2-4-9(12)14-17-18-15(29-14)10(6-7-13(22)23)19-30(26,27)20-11(8-21)16(24)25/h2-5,10-11,19-21H,6-8H2,1H3,(H,22,23)(H,24,25)/t10-,11-/m0/s1. The Morgan fingerprint density at radius 2 is 1.90 bits per heavy atom. The molecular formula is C16H20N4O9S. The molecule has 2 rings (SSSR count). The molecule has 1 aromatic carbocycles. The zero-order chi connectivity index (χ0) is 22.3. The summed E-state index contributed by atoms with van der Waals surface area (Å²) in [7, 11) is -3.05. The first-order chi connectivity index (χ1) is 14.2. The number of benzene rings is 1. The highest BCUT2D eigenvalue weighted by atomic mass is 32.2. The number of rotatable bonds is 12. The molecule has 0 saturated heterocycles. The third-order valence-corrected chi connectivity index (χ3v) is 4.99. The first kappa shape index (κ1) is 23.2. The molecule has 0 fully saturated rings. The van der Waals surface area contributed by atoms with E-state index in [1.54, 1.807) is 29.0 Å². The number of hydrogen-bond donors (Lipinski definition) is 5. The molecule has 0 aliphatic carbocycles. The van der Waals surface area contributed by atoms with Crippen LogP contribution in [0.2, 0.25) is 0 Å². The minimum atomic E-state index is -4.49. The van der Waals surface area contributed by atoms with Gasteiger partial charge in [-0.15, -0.1) is 10.2 Å². The Balaban J connectivity index is 2.30. The number of carboxylic acids is 2. The van der Waals surface area contributed by atoms with E-state index in [-0.39, 0.29) is 18.2 Å². The van der Waals surface area contributed by atoms with Gasteiger partial charge >= 0.3 is 11.9 Å². The minimum Gasteiger partial charge on any atom is -0.496 e. The lowest BCUT2D eigenvalue weighted by molar-refractivity contribution is -0.140. The molecule has 0 aliphatic heterocycles. The molecule has 164 valence electrons. The number of carbonyl (C=O) groups is 2. The molecular weight excluding hydrogens is 424 g/mol. The number of aliphatic hydroxyl groups excluding tert-OH is 1. The van der Waals surface area contributed by atoms with Crippen molar-refractivity contribution in [1.82, 2.24) is 19.6 Å². The number of hydrogen-bond acceptors (Lipinski definition) is 9. The number of nitrogens with one attached hydrogen (secondary N) is 2. The molecule has 2 aromatic rings. The summed E-state index contributed by atoms with van der Waals surface area (Å²) in [6.07, 6.45) is -0.706. The maximum absolute atomic E-state index is 12.3. The topological polar surface area (TPSA) is 201 Å². The molecule has 0 spiro atoms. The predicted octanol–water partition coefficient (Wildman–Crippen LogP) is -0.479. The largest absolute Gasteiger partial charge is 0.496 e. The van der Waals surface area contributed by atoms with Crippen molar-refractivity contribution in [3.05, 3.63) is 30.2 Å². The van der Waals surface area contributed by atoms with Crippen LogP contribution < -0.4 is 14.2 Å². The van der Waals surface area contributed by atoms with Gasteiger partial charge in [0.1, 0.15) is 17.8 Å². The predicted molar refractivity (Wildman–Crippen MR) is 99.6 cm³/mol. The molecule has 0 amide bonds. The lowest BCUT2D eigenvalue weighted by Crippen LogP contribution is -2.49. The van der Waals surface area contributed by atoms with Crippen molar-refractivity contribution in [2.45, 2.75) is 24.9 Å². The summed E-state index contributed by atoms with van der Waals surface area (Å²) >= 11 is 0. The Labute approximate surface area is 170 Å². The molecule has 0 radical (unpaired) electrons. The zero-order valence-corrected chi connectivity index (χ0v) is 16.5. The Hall–Kier alpha value is -3.07. The van der Waals surface area contributed by atoms with Crippen molar-refractivity contribution >= 4 is 22.1 Å². The minimum absolute atomic E-state index is 0.00806. The van der Waals surface area contributed by atoms with E-state index in [0.29, 0.717) is 11.3 Å². The fourth-order valence-electron chi connectivity index (χ4n) is 2.38. The lowest BCUT2D eigenvalue weighted by atomic mass is 10.2. The number of methoxy groups -OCH3 is 1. The van der Waals surface area contributed by atoms with Crippen molar-refractivity contribution in [3.8, 4) is 17.2 Å². The monoisotopic (exact) mass is 444 g/mol. The molecule has 1 heterocycles. The number of aliphatic carboxylic acids is 2. The number of ether oxygens (including phenoxy) is 1. The quantitative estimate of drug-likeness (QED) is 0.283. The van der Waals surface area contributed by atoms with Crippen LogP contribution in [0.3, 0.4) is 0 Å². The highest BCUT2D eigenvalue weighted by molar-refractivity contribution is 7.87. The van der Waals surface area contributed by atoms with Gasteiger partial charge in [-0.2, -0.15) is 17.9 Å². The first-order valence-electron chi connectivity index (χ1n) is 8.48. The van der Waals surface area contributed by atoms with Crippen LogP contribution in [-0.2, 0) is 19.8 Å². The SMILES string of the molecule is COc1ccccc1-c1nnc([C@H](CCC(=O)O)NS(=O)(=O)N[C@@H](CO)C(=O)O)o1. The van der Waals surface area contributed by atoms with E-state index in [9.17, 15) is 18.0 Å². The highest BCUT2D eigenvalue weighted by Gasteiger charge is 2.29. The van der Waals surface area contributed by atoms with Crippen LogP contribution in [0.25, 0.3) is 11.5 Å². The summed E-state index contributed by atoms with van der Waals surface area (Å²) in [5.74, 6) is -2.60. The highest BCUT2D eigenvalue weighted by Crippen LogP contribution is 2.30. The molecule has 0 saturated carbocycles. The van der Waals surface area contributed by atoms with E-state index in [2.05, 4.69) is 14.9 Å². The number of nitrogens with zero attached hydrogens (tertiary/aromatic N) is 2. The van der Waals surface area contributed by atoms with E-state index in [1.165, 1.54) is 7.11 Å². The molecule has 2 atom stereocenters. The molecule has 13 nitrogen and oxygen atoms in total. The van der Waals surface area contributed by atoms with Gasteiger partial charge in [-0.1, -0.05) is 12.1 Å². The summed E-state index contributed by atoms with van der Waals surface area (Å²) in [6, 6.07) is 3.62. The van der Waals surface area contributed by atoms with Gasteiger partial charge < -0.3 is 24.5 Å². The second kappa shape index (κ2) is 10.1. The molecule has 0 aliphatic rings. The fourth-order valence-corrected chi connectivity index (χ4v) is 3.59. The number of carboxylic acid groups (broad SMARTS) is 2. The fraction of sp³-hybridized carbons (Fsp3) is 0.375. The smallest absolute Gasteiger partial charge is 0.324 e. The van der Waals surface area contributed by atoms with Crippen LogP contribution in [0.1, 0.15) is 24.8 Å². The molecule has 14 heteroatoms. The molecule has 5 N–H and O–H groups in total. The van der Waals surface area contributed by atoms with E-state index < -0.39 is 47.3 Å². The van der Waals surface area contributed by atoms with Crippen molar-refractivity contribution in [2.75, 3.05) is 13.7 Å². The van der Waals surface area contributed by atoms with Crippen molar-refractivity contribution < 1.29 is 42.5 Å². The second-order valence-corrected chi connectivity index (χ2v) is 7.42. The Morgan fingerprint density at radius 1 is 1.20 bits per heavy atom. The van der Waals surface area contributed by atoms with Gasteiger partial charge in [0.15, 0.2) is 0 Å². The molecule has 1 aromatic heterocycles. The van der Waals surface area contributed by atoms with Crippen LogP contribution >= 0.6 is 0 Å². The summed E-state index contributed by atoms with van der Waals surface area (Å²) in [6.45, 7) is -0.992. The van der Waals surface area contributed by atoms with Crippen LogP contribution in [0.15, 0.2) is 28.7 Å². The summed E-state index contributed by atoms with van der Waals surface area (Å²) in [5.41, 5.74) is 0.433. The Morgan fingerprint density at radius 3 is 2.50 bits per heavy atom. The lowest BCUT2D eigenvalue weighted by Gasteiger charge is -2.17. The van der Waals surface area contributed by atoms with Crippen molar-refractivity contribution in [1.29, 1.82) is 0 Å². The molecule has 0 unspecified atom stereocenters. The van der Waals surface area contributed by atoms with Crippen LogP contribution in [0.5, 0.6) is 5.75 Å². The van der Waals surface area contributed by atoms with Gasteiger partial charge in [-0.3, -0.25) is 9.59 Å². The van der Waals surface area contributed by atoms with Crippen LogP contribution in [-0.4, -0.2) is 65.6 Å². The van der Waals surface area contributed by atoms with E-state index in [4.69, 9.17) is 24.5 Å². The van der Waals surface area contributed by atoms with E-state index in [1.807, 2.05) is 0 Å². The normalized spacial score (nSPS) is 13.5. The van der Waals surface area contributed by atoms with Gasteiger partial charge in [0.25, 0.3) is 16.1 Å². The number of para-hydroxylation sites is 1. The van der Waals surface area contributed by atoms with Crippen molar-refractivity contribution in [2.24, 2.45) is 0 Å². The van der Waals surface area contributed by atoms with E-state index in [0.717, 1.165) is 0 Å². The Kier molecular flexibility index (Phi) is 7.82. The number of aromatic nitrogens is 2. The molecule has 30 heavy (non-hydrogen) atoms. The average molecular weight is 444 g/mol.